The van der Waals surface area contributed by atoms with Crippen LogP contribution in [0.1, 0.15) is 50.5 Å². The smallest absolute Gasteiger partial charge is 0.191 e. The summed E-state index contributed by atoms with van der Waals surface area (Å²) in [5.74, 6) is 3.25. The van der Waals surface area contributed by atoms with E-state index in [1.165, 1.54) is 45.2 Å². The quantitative estimate of drug-likeness (QED) is 0.519. The van der Waals surface area contributed by atoms with E-state index in [1.807, 2.05) is 19.2 Å². The van der Waals surface area contributed by atoms with Crippen LogP contribution < -0.4 is 20.1 Å². The summed E-state index contributed by atoms with van der Waals surface area (Å²) in [6.07, 6.45) is 9.16. The van der Waals surface area contributed by atoms with Crippen LogP contribution in [0.2, 0.25) is 0 Å². The van der Waals surface area contributed by atoms with Crippen molar-refractivity contribution in [2.75, 3.05) is 33.8 Å². The third-order valence-corrected chi connectivity index (χ3v) is 6.48. The Bertz CT molecular complexity index is 698. The molecule has 4 rings (SSSR count). The molecule has 3 aliphatic rings. The summed E-state index contributed by atoms with van der Waals surface area (Å²) in [6.45, 7) is 4.13. The van der Waals surface area contributed by atoms with Gasteiger partial charge in [0, 0.05) is 38.3 Å². The molecule has 3 fully saturated rings. The molecule has 0 radical (unpaired) electrons. The Morgan fingerprint density at radius 3 is 2.69 bits per heavy atom. The summed E-state index contributed by atoms with van der Waals surface area (Å²) in [4.78, 5) is 7.07. The van der Waals surface area contributed by atoms with Crippen molar-refractivity contribution in [1.82, 2.24) is 15.5 Å². The van der Waals surface area contributed by atoms with E-state index in [9.17, 15) is 0 Å². The number of aliphatic imine (C=N–C) groups is 1. The van der Waals surface area contributed by atoms with Crippen LogP contribution in [0.4, 0.5) is 0 Å². The van der Waals surface area contributed by atoms with Crippen LogP contribution >= 0.6 is 0 Å². The second-order valence-corrected chi connectivity index (χ2v) is 8.66. The van der Waals surface area contributed by atoms with Gasteiger partial charge in [-0.05, 0) is 63.5 Å². The first kappa shape index (κ1) is 20.3. The highest BCUT2D eigenvalue weighted by Crippen LogP contribution is 2.35. The Kier molecular flexibility index (Phi) is 6.80. The zero-order valence-corrected chi connectivity index (χ0v) is 18.0. The van der Waals surface area contributed by atoms with Crippen LogP contribution in [-0.2, 0) is 6.54 Å². The fourth-order valence-electron chi connectivity index (χ4n) is 4.61. The van der Waals surface area contributed by atoms with Crippen LogP contribution in [0, 0.1) is 5.92 Å². The first-order chi connectivity index (χ1) is 14.3. The van der Waals surface area contributed by atoms with Crippen molar-refractivity contribution < 1.29 is 9.47 Å². The van der Waals surface area contributed by atoms with E-state index in [0.29, 0.717) is 18.6 Å². The predicted molar refractivity (Wildman–Crippen MR) is 117 cm³/mol. The molecule has 0 spiro atoms. The van der Waals surface area contributed by atoms with Crippen LogP contribution in [-0.4, -0.2) is 56.8 Å². The number of benzene rings is 1. The van der Waals surface area contributed by atoms with Gasteiger partial charge in [-0.25, -0.2) is 0 Å². The third kappa shape index (κ3) is 5.35. The van der Waals surface area contributed by atoms with Crippen molar-refractivity contribution >= 4 is 5.96 Å². The minimum atomic E-state index is 0.305. The number of para-hydroxylation sites is 1. The first-order valence-corrected chi connectivity index (χ1v) is 11.3. The molecule has 1 aromatic carbocycles. The number of ether oxygens (including phenoxy) is 2. The minimum absolute atomic E-state index is 0.305. The average Bonchev–Trinajstić information content (AvgIpc) is 3.26. The molecule has 2 saturated carbocycles. The summed E-state index contributed by atoms with van der Waals surface area (Å²) in [7, 11) is 3.54. The third-order valence-electron chi connectivity index (χ3n) is 6.48. The zero-order valence-electron chi connectivity index (χ0n) is 18.0. The molecule has 0 bridgehead atoms. The Morgan fingerprint density at radius 1 is 1.14 bits per heavy atom. The lowest BCUT2D eigenvalue weighted by molar-refractivity contribution is 0.198. The summed E-state index contributed by atoms with van der Waals surface area (Å²) in [5, 5.41) is 6.99. The summed E-state index contributed by atoms with van der Waals surface area (Å²) in [6, 6.07) is 6.99. The molecule has 160 valence electrons. The number of rotatable bonds is 8. The largest absolute Gasteiger partial charge is 0.493 e. The molecule has 29 heavy (non-hydrogen) atoms. The van der Waals surface area contributed by atoms with Crippen molar-refractivity contribution in [3.63, 3.8) is 0 Å². The topological polar surface area (TPSA) is 58.1 Å². The fraction of sp³-hybridized carbons (Fsp3) is 0.696. The van der Waals surface area contributed by atoms with Crippen molar-refractivity contribution in [3.8, 4) is 11.5 Å². The maximum absolute atomic E-state index is 6.34. The van der Waals surface area contributed by atoms with Gasteiger partial charge in [-0.3, -0.25) is 4.99 Å². The van der Waals surface area contributed by atoms with Crippen molar-refractivity contribution in [2.24, 2.45) is 10.9 Å². The van der Waals surface area contributed by atoms with Gasteiger partial charge >= 0.3 is 0 Å². The first-order valence-electron chi connectivity index (χ1n) is 11.3. The predicted octanol–water partition coefficient (Wildman–Crippen LogP) is 3.17. The average molecular weight is 401 g/mol. The van der Waals surface area contributed by atoms with Crippen molar-refractivity contribution in [3.05, 3.63) is 23.8 Å². The molecule has 2 aliphatic carbocycles. The van der Waals surface area contributed by atoms with E-state index in [-0.39, 0.29) is 0 Å². The molecule has 1 saturated heterocycles. The molecule has 2 N–H and O–H groups in total. The van der Waals surface area contributed by atoms with Gasteiger partial charge in [-0.15, -0.1) is 0 Å². The van der Waals surface area contributed by atoms with Gasteiger partial charge in [-0.1, -0.05) is 12.1 Å². The van der Waals surface area contributed by atoms with Crippen molar-refractivity contribution in [2.45, 2.75) is 63.6 Å². The van der Waals surface area contributed by atoms with Gasteiger partial charge < -0.3 is 25.0 Å². The van der Waals surface area contributed by atoms with E-state index in [1.54, 1.807) is 7.11 Å². The molecule has 6 heteroatoms. The minimum Gasteiger partial charge on any atom is -0.493 e. The highest BCUT2D eigenvalue weighted by atomic mass is 16.5. The second kappa shape index (κ2) is 9.70. The fourth-order valence-corrected chi connectivity index (χ4v) is 4.61. The highest BCUT2D eigenvalue weighted by Gasteiger charge is 2.34. The number of hydrogen-bond donors (Lipinski definition) is 2. The van der Waals surface area contributed by atoms with Gasteiger partial charge in [0.1, 0.15) is 0 Å². The van der Waals surface area contributed by atoms with Crippen LogP contribution in [0.3, 0.4) is 0 Å². The molecule has 0 amide bonds. The Morgan fingerprint density at radius 2 is 1.97 bits per heavy atom. The molecular weight excluding hydrogens is 364 g/mol. The summed E-state index contributed by atoms with van der Waals surface area (Å²) < 4.78 is 11.9. The molecule has 1 unspecified atom stereocenters. The lowest BCUT2D eigenvalue weighted by Crippen LogP contribution is -2.40. The molecule has 1 atom stereocenters. The molecule has 6 nitrogen and oxygen atoms in total. The van der Waals surface area contributed by atoms with E-state index in [4.69, 9.17) is 9.47 Å². The molecule has 1 heterocycles. The second-order valence-electron chi connectivity index (χ2n) is 8.66. The normalized spacial score (nSPS) is 23.4. The van der Waals surface area contributed by atoms with E-state index >= 15 is 0 Å². The van der Waals surface area contributed by atoms with Gasteiger partial charge in [0.15, 0.2) is 17.5 Å². The van der Waals surface area contributed by atoms with Crippen LogP contribution in [0.15, 0.2) is 23.2 Å². The maximum Gasteiger partial charge on any atom is 0.191 e. The monoisotopic (exact) mass is 400 g/mol. The van der Waals surface area contributed by atoms with E-state index in [2.05, 4.69) is 26.6 Å². The molecular formula is C23H36N4O2. The Hall–Kier alpha value is -1.95. The number of guanidine groups is 1. The van der Waals surface area contributed by atoms with Gasteiger partial charge in [0.25, 0.3) is 0 Å². The number of hydrogen-bond acceptors (Lipinski definition) is 4. The highest BCUT2D eigenvalue weighted by molar-refractivity contribution is 5.79. The maximum atomic E-state index is 6.34. The van der Waals surface area contributed by atoms with Gasteiger partial charge in [-0.2, -0.15) is 0 Å². The SMILES string of the molecule is CN=C(NCc1cccc(OC)c1OC1CCCC1)NCC1CCN(C2CC2)C1. The van der Waals surface area contributed by atoms with Crippen LogP contribution in [0.5, 0.6) is 11.5 Å². The molecule has 1 aromatic rings. The van der Waals surface area contributed by atoms with Crippen molar-refractivity contribution in [1.29, 1.82) is 0 Å². The Balaban J connectivity index is 1.30. The standard InChI is InChI=1S/C23H36N4O2/c1-24-23(25-14-17-12-13-27(16-17)19-10-11-19)26-15-18-6-5-9-21(28-2)22(18)29-20-7-3-4-8-20/h5-6,9,17,19-20H,3-4,7-8,10-16H2,1-2H3,(H2,24,25,26). The van der Waals surface area contributed by atoms with Crippen LogP contribution in [0.25, 0.3) is 0 Å². The van der Waals surface area contributed by atoms with Gasteiger partial charge in [0.05, 0.1) is 13.2 Å². The lowest BCUT2D eigenvalue weighted by atomic mass is 10.1. The zero-order chi connectivity index (χ0) is 20.1. The van der Waals surface area contributed by atoms with E-state index in [0.717, 1.165) is 48.5 Å². The summed E-state index contributed by atoms with van der Waals surface area (Å²) >= 11 is 0. The number of nitrogens with one attached hydrogen (secondary N) is 2. The lowest BCUT2D eigenvalue weighted by Gasteiger charge is -2.20. The number of nitrogens with zero attached hydrogens (tertiary/aromatic N) is 2. The van der Waals surface area contributed by atoms with E-state index < -0.39 is 0 Å². The number of likely N-dealkylation sites (tertiary alicyclic amines) is 1. The van der Waals surface area contributed by atoms with Gasteiger partial charge in [0.2, 0.25) is 0 Å². The molecule has 1 aliphatic heterocycles. The Labute approximate surface area is 175 Å². The summed E-state index contributed by atoms with van der Waals surface area (Å²) in [5.41, 5.74) is 1.11. The number of methoxy groups -OCH3 is 1. The molecule has 0 aromatic heterocycles.